The lowest BCUT2D eigenvalue weighted by Crippen LogP contribution is -2.41. The van der Waals surface area contributed by atoms with E-state index in [1.54, 1.807) is 18.4 Å². The Bertz CT molecular complexity index is 376. The van der Waals surface area contributed by atoms with E-state index in [1.807, 2.05) is 6.08 Å². The van der Waals surface area contributed by atoms with Crippen LogP contribution in [-0.2, 0) is 0 Å². The van der Waals surface area contributed by atoms with Gasteiger partial charge in [0.25, 0.3) is 0 Å². The molecule has 0 spiro atoms. The molecule has 1 atom stereocenters. The van der Waals surface area contributed by atoms with Crippen LogP contribution in [0, 0.1) is 0 Å². The van der Waals surface area contributed by atoms with Gasteiger partial charge in [0.2, 0.25) is 0 Å². The van der Waals surface area contributed by atoms with E-state index in [-0.39, 0.29) is 24.0 Å². The number of likely N-dealkylation sites (N-methyl/N-ethyl adjacent to an activating group) is 1. The third kappa shape index (κ3) is 6.40. The van der Waals surface area contributed by atoms with Crippen molar-refractivity contribution in [1.82, 2.24) is 15.5 Å². The molecule has 0 bridgehead atoms. The number of aliphatic imine (C=N–C) groups is 1. The van der Waals surface area contributed by atoms with Crippen molar-refractivity contribution < 1.29 is 0 Å². The van der Waals surface area contributed by atoms with Gasteiger partial charge in [0.1, 0.15) is 0 Å². The number of guanidine groups is 1. The van der Waals surface area contributed by atoms with Crippen LogP contribution in [0.15, 0.2) is 35.2 Å². The molecule has 2 N–H and O–H groups in total. The molecule has 0 aliphatic rings. The fourth-order valence-electron chi connectivity index (χ4n) is 1.60. The van der Waals surface area contributed by atoms with Gasteiger partial charge in [-0.25, -0.2) is 0 Å². The van der Waals surface area contributed by atoms with Crippen molar-refractivity contribution in [2.45, 2.75) is 6.04 Å². The van der Waals surface area contributed by atoms with Crippen molar-refractivity contribution in [3.05, 3.63) is 35.0 Å². The Morgan fingerprint density at radius 3 is 2.74 bits per heavy atom. The minimum atomic E-state index is 0. The van der Waals surface area contributed by atoms with Crippen LogP contribution in [-0.4, -0.2) is 45.1 Å². The average Bonchev–Trinajstić information content (AvgIpc) is 2.86. The molecule has 1 aromatic heterocycles. The number of nitrogens with zero attached hydrogens (tertiary/aromatic N) is 2. The summed E-state index contributed by atoms with van der Waals surface area (Å²) in [5, 5.41) is 8.60. The van der Waals surface area contributed by atoms with Crippen molar-refractivity contribution in [2.24, 2.45) is 4.99 Å². The van der Waals surface area contributed by atoms with Crippen LogP contribution in [0.1, 0.15) is 10.9 Å². The maximum absolute atomic E-state index is 4.17. The number of thiophene rings is 1. The van der Waals surface area contributed by atoms with E-state index >= 15 is 0 Å². The number of rotatable bonds is 6. The van der Waals surface area contributed by atoms with E-state index in [4.69, 9.17) is 0 Å². The van der Waals surface area contributed by atoms with Gasteiger partial charge in [-0.2, -0.15) is 0 Å². The number of hydrogen-bond acceptors (Lipinski definition) is 3. The Balaban J connectivity index is 0.00000324. The normalized spacial score (nSPS) is 12.7. The molecule has 0 saturated heterocycles. The van der Waals surface area contributed by atoms with E-state index in [1.165, 1.54) is 4.88 Å². The molecule has 108 valence electrons. The first-order chi connectivity index (χ1) is 8.69. The van der Waals surface area contributed by atoms with Gasteiger partial charge in [-0.1, -0.05) is 12.1 Å². The molecule has 4 nitrogen and oxygen atoms in total. The Morgan fingerprint density at radius 1 is 1.53 bits per heavy atom. The molecule has 1 rings (SSSR count). The largest absolute Gasteiger partial charge is 0.354 e. The highest BCUT2D eigenvalue weighted by molar-refractivity contribution is 14.0. The van der Waals surface area contributed by atoms with Crippen LogP contribution in [0.2, 0.25) is 0 Å². The minimum absolute atomic E-state index is 0. The van der Waals surface area contributed by atoms with Crippen LogP contribution in [0.3, 0.4) is 0 Å². The Labute approximate surface area is 137 Å². The molecule has 0 aliphatic heterocycles. The standard InChI is InChI=1S/C13H22N4S.HI/c1-5-8-15-13(14-2)16-10-11(17(3)4)12-7-6-9-18-12;/h5-7,9,11H,1,8,10H2,2-4H3,(H2,14,15,16);1H. The molecule has 0 aliphatic carbocycles. The first-order valence-electron chi connectivity index (χ1n) is 5.94. The molecule has 6 heteroatoms. The molecule has 0 amide bonds. The van der Waals surface area contributed by atoms with Crippen LogP contribution in [0.4, 0.5) is 0 Å². The second kappa shape index (κ2) is 10.2. The molecule has 0 saturated carbocycles. The molecule has 19 heavy (non-hydrogen) atoms. The quantitative estimate of drug-likeness (QED) is 0.337. The fraction of sp³-hybridized carbons (Fsp3) is 0.462. The summed E-state index contributed by atoms with van der Waals surface area (Å²) in [5.41, 5.74) is 0. The summed E-state index contributed by atoms with van der Waals surface area (Å²) in [6, 6.07) is 4.60. The highest BCUT2D eigenvalue weighted by Gasteiger charge is 2.15. The molecular formula is C13H23IN4S. The summed E-state index contributed by atoms with van der Waals surface area (Å²) in [7, 11) is 5.95. The van der Waals surface area contributed by atoms with E-state index in [0.717, 1.165) is 12.5 Å². The van der Waals surface area contributed by atoms with Gasteiger partial charge >= 0.3 is 0 Å². The SMILES string of the molecule is C=CCNC(=NC)NCC(c1cccs1)N(C)C.I. The lowest BCUT2D eigenvalue weighted by atomic mass is 10.2. The van der Waals surface area contributed by atoms with Gasteiger partial charge in [0.05, 0.1) is 6.04 Å². The van der Waals surface area contributed by atoms with Crippen molar-refractivity contribution in [3.63, 3.8) is 0 Å². The van der Waals surface area contributed by atoms with Crippen molar-refractivity contribution in [3.8, 4) is 0 Å². The highest BCUT2D eigenvalue weighted by atomic mass is 127. The summed E-state index contributed by atoms with van der Waals surface area (Å²) in [6.07, 6.45) is 1.82. The van der Waals surface area contributed by atoms with Crippen LogP contribution in [0.25, 0.3) is 0 Å². The van der Waals surface area contributed by atoms with E-state index in [0.29, 0.717) is 12.6 Å². The predicted molar refractivity (Wildman–Crippen MR) is 95.7 cm³/mol. The molecule has 1 unspecified atom stereocenters. The van der Waals surface area contributed by atoms with Gasteiger partial charge in [-0.05, 0) is 25.5 Å². The first-order valence-corrected chi connectivity index (χ1v) is 6.82. The molecular weight excluding hydrogens is 371 g/mol. The third-order valence-electron chi connectivity index (χ3n) is 2.60. The summed E-state index contributed by atoms with van der Waals surface area (Å²) in [5.74, 6) is 0.804. The first kappa shape index (κ1) is 18.4. The zero-order valence-corrected chi connectivity index (χ0v) is 14.9. The minimum Gasteiger partial charge on any atom is -0.354 e. The summed E-state index contributed by atoms with van der Waals surface area (Å²) < 4.78 is 0. The summed E-state index contributed by atoms with van der Waals surface area (Å²) >= 11 is 1.78. The van der Waals surface area contributed by atoms with Gasteiger partial charge in [0, 0.05) is 25.0 Å². The van der Waals surface area contributed by atoms with Crippen molar-refractivity contribution >= 4 is 41.3 Å². The Hall–Kier alpha value is -0.600. The van der Waals surface area contributed by atoms with Gasteiger partial charge < -0.3 is 15.5 Å². The molecule has 0 fully saturated rings. The third-order valence-corrected chi connectivity index (χ3v) is 3.57. The van der Waals surface area contributed by atoms with Crippen LogP contribution in [0.5, 0.6) is 0 Å². The summed E-state index contributed by atoms with van der Waals surface area (Å²) in [6.45, 7) is 5.22. The van der Waals surface area contributed by atoms with Crippen molar-refractivity contribution in [1.29, 1.82) is 0 Å². The van der Waals surface area contributed by atoms with E-state index < -0.39 is 0 Å². The highest BCUT2D eigenvalue weighted by Crippen LogP contribution is 2.22. The van der Waals surface area contributed by atoms with Crippen LogP contribution >= 0.6 is 35.3 Å². The maximum atomic E-state index is 4.17. The summed E-state index contributed by atoms with van der Waals surface area (Å²) in [4.78, 5) is 7.73. The van der Waals surface area contributed by atoms with E-state index in [9.17, 15) is 0 Å². The molecule has 1 heterocycles. The zero-order chi connectivity index (χ0) is 13.4. The number of halogens is 1. The number of hydrogen-bond donors (Lipinski definition) is 2. The average molecular weight is 394 g/mol. The van der Waals surface area contributed by atoms with E-state index in [2.05, 4.69) is 58.7 Å². The molecule has 0 radical (unpaired) electrons. The number of nitrogens with one attached hydrogen (secondary N) is 2. The predicted octanol–water partition coefficient (Wildman–Crippen LogP) is 2.32. The van der Waals surface area contributed by atoms with Crippen molar-refractivity contribution in [2.75, 3.05) is 34.2 Å². The molecule has 1 aromatic rings. The monoisotopic (exact) mass is 394 g/mol. The fourth-order valence-corrected chi connectivity index (χ4v) is 2.52. The van der Waals surface area contributed by atoms with Gasteiger partial charge in [-0.15, -0.1) is 41.9 Å². The lowest BCUT2D eigenvalue weighted by molar-refractivity contribution is 0.302. The van der Waals surface area contributed by atoms with Gasteiger partial charge in [-0.3, -0.25) is 4.99 Å². The van der Waals surface area contributed by atoms with Gasteiger partial charge in [0.15, 0.2) is 5.96 Å². The molecule has 0 aromatic carbocycles. The maximum Gasteiger partial charge on any atom is 0.191 e. The lowest BCUT2D eigenvalue weighted by Gasteiger charge is -2.24. The van der Waals surface area contributed by atoms with Crippen LogP contribution < -0.4 is 10.6 Å². The Morgan fingerprint density at radius 2 is 2.26 bits per heavy atom. The zero-order valence-electron chi connectivity index (χ0n) is 11.7. The second-order valence-corrected chi connectivity index (χ2v) is 5.10. The Kier molecular flexibility index (Phi) is 9.90. The topological polar surface area (TPSA) is 39.7 Å². The smallest absolute Gasteiger partial charge is 0.191 e. The second-order valence-electron chi connectivity index (χ2n) is 4.12.